The number of hydrogen-bond acceptors (Lipinski definition) is 1. The molecule has 0 spiro atoms. The second kappa shape index (κ2) is 5.87. The van der Waals surface area contributed by atoms with Crippen LogP contribution in [0.4, 0.5) is 0 Å². The van der Waals surface area contributed by atoms with Gasteiger partial charge in [0.25, 0.3) is 0 Å². The maximum atomic E-state index is 4.34. The van der Waals surface area contributed by atoms with Crippen molar-refractivity contribution in [3.05, 3.63) is 53.7 Å². The molecule has 1 fully saturated rings. The predicted octanol–water partition coefficient (Wildman–Crippen LogP) is 5.11. The van der Waals surface area contributed by atoms with Crippen molar-refractivity contribution in [2.24, 2.45) is 5.92 Å². The molecule has 1 aromatic rings. The van der Waals surface area contributed by atoms with E-state index < -0.39 is 0 Å². The van der Waals surface area contributed by atoms with Gasteiger partial charge in [0.1, 0.15) is 0 Å². The van der Waals surface area contributed by atoms with E-state index in [4.69, 9.17) is 0 Å². The van der Waals surface area contributed by atoms with E-state index in [2.05, 4.69) is 75.6 Å². The number of benzene rings is 1. The van der Waals surface area contributed by atoms with Gasteiger partial charge >= 0.3 is 0 Å². The van der Waals surface area contributed by atoms with Crippen molar-refractivity contribution < 1.29 is 0 Å². The van der Waals surface area contributed by atoms with Crippen molar-refractivity contribution in [1.29, 1.82) is 0 Å². The van der Waals surface area contributed by atoms with E-state index in [1.54, 1.807) is 0 Å². The third kappa shape index (κ3) is 4.00. The van der Waals surface area contributed by atoms with Crippen LogP contribution in [0.3, 0.4) is 0 Å². The molecule has 1 aromatic carbocycles. The molecule has 0 bridgehead atoms. The van der Waals surface area contributed by atoms with Crippen molar-refractivity contribution in [1.82, 2.24) is 4.90 Å². The number of nitrogens with zero attached hydrogens (tertiary/aromatic N) is 1. The first kappa shape index (κ1) is 14.9. The normalized spacial score (nSPS) is 16.1. The summed E-state index contributed by atoms with van der Waals surface area (Å²) in [6, 6.07) is 10.5. The number of allylic oxidation sites excluding steroid dienone is 1. The highest BCUT2D eigenvalue weighted by Crippen LogP contribution is 2.39. The maximum Gasteiger partial charge on any atom is 0.0391 e. The molecule has 1 nitrogen and oxygen atoms in total. The van der Waals surface area contributed by atoms with Crippen molar-refractivity contribution in [2.75, 3.05) is 6.54 Å². The first-order valence-corrected chi connectivity index (χ1v) is 7.56. The van der Waals surface area contributed by atoms with Crippen LogP contribution in [0.25, 0.3) is 6.08 Å². The highest BCUT2D eigenvalue weighted by molar-refractivity contribution is 5.52. The van der Waals surface area contributed by atoms with Gasteiger partial charge in [0, 0.05) is 17.8 Å². The Bertz CT molecular complexity index is 486. The topological polar surface area (TPSA) is 3.24 Å². The van der Waals surface area contributed by atoms with Gasteiger partial charge in [-0.2, -0.15) is 0 Å². The summed E-state index contributed by atoms with van der Waals surface area (Å²) in [5.41, 5.74) is 4.10. The lowest BCUT2D eigenvalue weighted by Gasteiger charge is -2.39. The zero-order chi connectivity index (χ0) is 14.8. The summed E-state index contributed by atoms with van der Waals surface area (Å²) in [4.78, 5) is 2.47. The van der Waals surface area contributed by atoms with Gasteiger partial charge in [-0.3, -0.25) is 0 Å². The van der Waals surface area contributed by atoms with Crippen LogP contribution in [0.5, 0.6) is 0 Å². The summed E-state index contributed by atoms with van der Waals surface area (Å²) in [5.74, 6) is 0.721. The molecule has 0 N–H and O–H groups in total. The summed E-state index contributed by atoms with van der Waals surface area (Å²) >= 11 is 0. The average molecular weight is 269 g/mol. The fourth-order valence-corrected chi connectivity index (χ4v) is 2.54. The Balaban J connectivity index is 2.11. The second-order valence-electron chi connectivity index (χ2n) is 6.92. The van der Waals surface area contributed by atoms with Gasteiger partial charge in [-0.15, -0.1) is 0 Å². The van der Waals surface area contributed by atoms with E-state index in [9.17, 15) is 0 Å². The number of rotatable bonds is 5. The van der Waals surface area contributed by atoms with Crippen LogP contribution < -0.4 is 0 Å². The summed E-state index contributed by atoms with van der Waals surface area (Å²) in [7, 11) is 0. The second-order valence-corrected chi connectivity index (χ2v) is 6.92. The molecule has 0 radical (unpaired) electrons. The predicted molar refractivity (Wildman–Crippen MR) is 88.4 cm³/mol. The Morgan fingerprint density at radius 2 is 1.85 bits per heavy atom. The molecule has 0 aliphatic heterocycles. The summed E-state index contributed by atoms with van der Waals surface area (Å²) in [6.45, 7) is 14.3. The van der Waals surface area contributed by atoms with E-state index in [-0.39, 0.29) is 5.54 Å². The van der Waals surface area contributed by atoms with Crippen molar-refractivity contribution in [3.63, 3.8) is 0 Å². The third-order valence-electron chi connectivity index (χ3n) is 3.83. The SMILES string of the molecule is C=C(C1CC1)N(C/C(C)=C/c1ccccc1)C(C)(C)C. The molecule has 0 atom stereocenters. The van der Waals surface area contributed by atoms with Crippen LogP contribution in [0.2, 0.25) is 0 Å². The average Bonchev–Trinajstić information content (AvgIpc) is 3.19. The lowest BCUT2D eigenvalue weighted by molar-refractivity contribution is 0.192. The highest BCUT2D eigenvalue weighted by atomic mass is 15.2. The molecule has 0 aromatic heterocycles. The van der Waals surface area contributed by atoms with Crippen LogP contribution in [-0.2, 0) is 0 Å². The molecule has 2 rings (SSSR count). The van der Waals surface area contributed by atoms with Crippen LogP contribution in [-0.4, -0.2) is 17.0 Å². The van der Waals surface area contributed by atoms with E-state index in [0.717, 1.165) is 12.5 Å². The molecule has 1 saturated carbocycles. The van der Waals surface area contributed by atoms with E-state index >= 15 is 0 Å². The molecular formula is C19H27N. The molecule has 0 heterocycles. The van der Waals surface area contributed by atoms with E-state index in [0.29, 0.717) is 0 Å². The van der Waals surface area contributed by atoms with Gasteiger partial charge in [0.2, 0.25) is 0 Å². The molecule has 108 valence electrons. The fraction of sp³-hybridized carbons (Fsp3) is 0.474. The Morgan fingerprint density at radius 3 is 2.35 bits per heavy atom. The lowest BCUT2D eigenvalue weighted by atomic mass is 10.0. The van der Waals surface area contributed by atoms with E-state index in [1.807, 2.05) is 0 Å². The first-order chi connectivity index (χ1) is 9.38. The van der Waals surface area contributed by atoms with Gasteiger partial charge in [-0.25, -0.2) is 0 Å². The van der Waals surface area contributed by atoms with Crippen molar-refractivity contribution >= 4 is 6.08 Å². The maximum absolute atomic E-state index is 4.34. The largest absolute Gasteiger partial charge is 0.366 e. The molecule has 1 heteroatoms. The molecule has 20 heavy (non-hydrogen) atoms. The zero-order valence-corrected chi connectivity index (χ0v) is 13.3. The molecular weight excluding hydrogens is 242 g/mol. The van der Waals surface area contributed by atoms with Crippen LogP contribution >= 0.6 is 0 Å². The number of hydrogen-bond donors (Lipinski definition) is 0. The van der Waals surface area contributed by atoms with Gasteiger partial charge in [0.15, 0.2) is 0 Å². The monoisotopic (exact) mass is 269 g/mol. The van der Waals surface area contributed by atoms with Gasteiger partial charge in [0.05, 0.1) is 0 Å². The Hall–Kier alpha value is -1.50. The Morgan fingerprint density at radius 1 is 1.25 bits per heavy atom. The smallest absolute Gasteiger partial charge is 0.0391 e. The van der Waals surface area contributed by atoms with Crippen LogP contribution in [0.1, 0.15) is 46.1 Å². The van der Waals surface area contributed by atoms with Gasteiger partial charge < -0.3 is 4.90 Å². The fourth-order valence-electron chi connectivity index (χ4n) is 2.54. The minimum atomic E-state index is 0.130. The minimum absolute atomic E-state index is 0.130. The highest BCUT2D eigenvalue weighted by Gasteiger charge is 2.32. The lowest BCUT2D eigenvalue weighted by Crippen LogP contribution is -2.41. The molecule has 1 aliphatic carbocycles. The van der Waals surface area contributed by atoms with Crippen LogP contribution in [0.15, 0.2) is 48.2 Å². The van der Waals surface area contributed by atoms with Crippen LogP contribution in [0, 0.1) is 5.92 Å². The quantitative estimate of drug-likeness (QED) is 0.717. The third-order valence-corrected chi connectivity index (χ3v) is 3.83. The standard InChI is InChI=1S/C19H27N/c1-15(13-17-9-7-6-8-10-17)14-20(19(3,4)5)16(2)18-11-12-18/h6-10,13,18H,2,11-12,14H2,1,3-5H3/b15-13+. The summed E-state index contributed by atoms with van der Waals surface area (Å²) in [6.07, 6.45) is 4.90. The Kier molecular flexibility index (Phi) is 4.37. The van der Waals surface area contributed by atoms with E-state index in [1.165, 1.54) is 29.7 Å². The van der Waals surface area contributed by atoms with Crippen molar-refractivity contribution in [3.8, 4) is 0 Å². The van der Waals surface area contributed by atoms with Gasteiger partial charge in [-0.05, 0) is 52.0 Å². The first-order valence-electron chi connectivity index (χ1n) is 7.56. The van der Waals surface area contributed by atoms with Gasteiger partial charge in [-0.1, -0.05) is 48.6 Å². The minimum Gasteiger partial charge on any atom is -0.366 e. The zero-order valence-electron chi connectivity index (χ0n) is 13.3. The molecule has 0 saturated heterocycles. The summed E-state index contributed by atoms with van der Waals surface area (Å²) in [5, 5.41) is 0. The summed E-state index contributed by atoms with van der Waals surface area (Å²) < 4.78 is 0. The molecule has 1 aliphatic rings. The Labute approximate surface area is 124 Å². The molecule has 0 unspecified atom stereocenters. The molecule has 0 amide bonds. The van der Waals surface area contributed by atoms with Crippen molar-refractivity contribution in [2.45, 2.75) is 46.1 Å².